The molecule has 0 spiro atoms. The molecule has 0 amide bonds. The van der Waals surface area contributed by atoms with Crippen LogP contribution in [0.4, 0.5) is 0 Å². The Balaban J connectivity index is 2.37. The largest absolute Gasteiger partial charge is 0.496 e. The smallest absolute Gasteiger partial charge is 0.217 e. The summed E-state index contributed by atoms with van der Waals surface area (Å²) in [6.45, 7) is 0. The summed E-state index contributed by atoms with van der Waals surface area (Å²) < 4.78 is 25.2. The number of aryl methyl sites for hydroxylation is 1. The number of pyridine rings is 1. The van der Waals surface area contributed by atoms with E-state index in [-0.39, 0.29) is 0 Å². The van der Waals surface area contributed by atoms with Gasteiger partial charge in [0.25, 0.3) is 0 Å². The van der Waals surface area contributed by atoms with Gasteiger partial charge in [-0.25, -0.2) is 0 Å². The van der Waals surface area contributed by atoms with Gasteiger partial charge in [-0.05, 0) is 24.3 Å². The van der Waals surface area contributed by atoms with Crippen LogP contribution < -0.4 is 23.5 Å². The molecule has 0 unspecified atom stereocenters. The highest BCUT2D eigenvalue weighted by Gasteiger charge is 2.28. The van der Waals surface area contributed by atoms with Crippen molar-refractivity contribution < 1.29 is 23.5 Å². The lowest BCUT2D eigenvalue weighted by Gasteiger charge is -2.19. The third-order valence-electron chi connectivity index (χ3n) is 5.35. The first-order valence-corrected chi connectivity index (χ1v) is 9.33. The zero-order chi connectivity index (χ0) is 20.5. The van der Waals surface area contributed by atoms with Crippen LogP contribution in [0.5, 0.6) is 23.0 Å². The molecule has 5 nitrogen and oxygen atoms in total. The summed E-state index contributed by atoms with van der Waals surface area (Å²) in [5.41, 5.74) is 3.89. The first-order chi connectivity index (χ1) is 14.2. The number of hydrogen-bond acceptors (Lipinski definition) is 4. The molecule has 0 aliphatic carbocycles. The van der Waals surface area contributed by atoms with Gasteiger partial charge in [0.05, 0.1) is 44.8 Å². The Kier molecular flexibility index (Phi) is 4.89. The molecule has 0 N–H and O–H groups in total. The van der Waals surface area contributed by atoms with Crippen molar-refractivity contribution in [2.75, 3.05) is 28.4 Å². The van der Waals surface area contributed by atoms with Gasteiger partial charge in [-0.1, -0.05) is 18.2 Å². The fraction of sp³-hybridized carbons (Fsp3) is 0.208. The van der Waals surface area contributed by atoms with E-state index >= 15 is 0 Å². The highest BCUT2D eigenvalue weighted by atomic mass is 16.5. The maximum absolute atomic E-state index is 5.78. The van der Waals surface area contributed by atoms with Crippen LogP contribution in [0.25, 0.3) is 32.9 Å². The molecule has 0 aliphatic rings. The normalized spacial score (nSPS) is 10.9. The lowest BCUT2D eigenvalue weighted by molar-refractivity contribution is -0.617. The van der Waals surface area contributed by atoms with Gasteiger partial charge in [0.2, 0.25) is 11.0 Å². The van der Waals surface area contributed by atoms with Crippen molar-refractivity contribution in [3.63, 3.8) is 0 Å². The minimum Gasteiger partial charge on any atom is -0.496 e. The average Bonchev–Trinajstić information content (AvgIpc) is 2.78. The summed E-state index contributed by atoms with van der Waals surface area (Å²) in [7, 11) is 8.75. The molecule has 4 aromatic rings. The second-order valence-corrected chi connectivity index (χ2v) is 6.68. The zero-order valence-corrected chi connectivity index (χ0v) is 17.3. The Bertz CT molecular complexity index is 1130. The molecule has 0 saturated heterocycles. The van der Waals surface area contributed by atoms with E-state index in [1.807, 2.05) is 49.5 Å². The quantitative estimate of drug-likeness (QED) is 0.371. The molecule has 0 bridgehead atoms. The van der Waals surface area contributed by atoms with Crippen LogP contribution >= 0.6 is 0 Å². The Morgan fingerprint density at radius 2 is 0.897 bits per heavy atom. The van der Waals surface area contributed by atoms with Crippen LogP contribution in [0.3, 0.4) is 0 Å². The molecule has 5 heteroatoms. The SMILES string of the molecule is COc1cccc(OC)c1-c1c2c(OC)cccc2[n+](C)c2cccc(OC)c12. The topological polar surface area (TPSA) is 40.8 Å². The number of rotatable bonds is 5. The fourth-order valence-corrected chi connectivity index (χ4v) is 4.04. The van der Waals surface area contributed by atoms with E-state index in [4.69, 9.17) is 18.9 Å². The minimum absolute atomic E-state index is 0.720. The van der Waals surface area contributed by atoms with E-state index in [1.54, 1.807) is 28.4 Å². The first-order valence-electron chi connectivity index (χ1n) is 9.33. The van der Waals surface area contributed by atoms with Gasteiger partial charge in [0.1, 0.15) is 30.0 Å². The predicted octanol–water partition coefficient (Wildman–Crippen LogP) is 4.52. The molecule has 148 valence electrons. The summed E-state index contributed by atoms with van der Waals surface area (Å²) in [6, 6.07) is 17.9. The zero-order valence-electron chi connectivity index (χ0n) is 17.3. The molecule has 0 saturated carbocycles. The van der Waals surface area contributed by atoms with Gasteiger partial charge >= 0.3 is 0 Å². The molecule has 0 aliphatic heterocycles. The highest BCUT2D eigenvalue weighted by molar-refractivity contribution is 6.13. The summed E-state index contributed by atoms with van der Waals surface area (Å²) >= 11 is 0. The summed E-state index contributed by atoms with van der Waals surface area (Å²) in [5, 5.41) is 1.94. The molecule has 29 heavy (non-hydrogen) atoms. The molecular formula is C24H24NO4+. The summed E-state index contributed by atoms with van der Waals surface area (Å²) in [6.07, 6.45) is 0. The number of methoxy groups -OCH3 is 4. The number of aromatic nitrogens is 1. The highest BCUT2D eigenvalue weighted by Crippen LogP contribution is 2.48. The minimum atomic E-state index is 0.720. The van der Waals surface area contributed by atoms with Gasteiger partial charge in [-0.15, -0.1) is 0 Å². The molecule has 0 fully saturated rings. The van der Waals surface area contributed by atoms with Gasteiger partial charge in [-0.3, -0.25) is 0 Å². The molecule has 0 atom stereocenters. The maximum Gasteiger partial charge on any atom is 0.217 e. The molecule has 3 aromatic carbocycles. The van der Waals surface area contributed by atoms with Crippen molar-refractivity contribution in [1.82, 2.24) is 0 Å². The van der Waals surface area contributed by atoms with E-state index in [9.17, 15) is 0 Å². The monoisotopic (exact) mass is 390 g/mol. The number of fused-ring (bicyclic) bond motifs is 2. The Labute approximate surface area is 170 Å². The Hall–Kier alpha value is -3.47. The van der Waals surface area contributed by atoms with Crippen LogP contribution in [0.2, 0.25) is 0 Å². The van der Waals surface area contributed by atoms with Crippen LogP contribution in [0.1, 0.15) is 0 Å². The Morgan fingerprint density at radius 1 is 0.517 bits per heavy atom. The fourth-order valence-electron chi connectivity index (χ4n) is 4.04. The number of ether oxygens (including phenoxy) is 4. The molecule has 0 radical (unpaired) electrons. The van der Waals surface area contributed by atoms with Crippen molar-refractivity contribution in [2.24, 2.45) is 7.05 Å². The first kappa shape index (κ1) is 18.9. The second-order valence-electron chi connectivity index (χ2n) is 6.68. The van der Waals surface area contributed by atoms with Crippen molar-refractivity contribution >= 4 is 21.8 Å². The summed E-state index contributed by atoms with van der Waals surface area (Å²) in [5.74, 6) is 2.98. The van der Waals surface area contributed by atoms with Crippen LogP contribution in [0, 0.1) is 0 Å². The number of benzene rings is 3. The number of nitrogens with zero attached hydrogens (tertiary/aromatic N) is 1. The van der Waals surface area contributed by atoms with Gasteiger partial charge in [0, 0.05) is 17.7 Å². The van der Waals surface area contributed by atoms with E-state index in [1.165, 1.54) is 0 Å². The molecular weight excluding hydrogens is 366 g/mol. The Morgan fingerprint density at radius 3 is 1.31 bits per heavy atom. The standard InChI is InChI=1S/C24H24NO4/c1-25-15-9-6-11-17(26-2)21(15)24(22-16(25)10-7-12-18(22)27-3)23-19(28-4)13-8-14-20(23)29-5/h6-14H,1-5H3/q+1. The van der Waals surface area contributed by atoms with E-state index in [2.05, 4.69) is 16.7 Å². The van der Waals surface area contributed by atoms with Gasteiger partial charge < -0.3 is 18.9 Å². The van der Waals surface area contributed by atoms with Crippen LogP contribution in [0.15, 0.2) is 54.6 Å². The second kappa shape index (κ2) is 7.51. The van der Waals surface area contributed by atoms with E-state index in [0.717, 1.165) is 55.9 Å². The molecule has 1 heterocycles. The third-order valence-corrected chi connectivity index (χ3v) is 5.35. The van der Waals surface area contributed by atoms with E-state index in [0.29, 0.717) is 0 Å². The summed E-state index contributed by atoms with van der Waals surface area (Å²) in [4.78, 5) is 0. The van der Waals surface area contributed by atoms with E-state index < -0.39 is 0 Å². The lowest BCUT2D eigenvalue weighted by Crippen LogP contribution is -2.30. The lowest BCUT2D eigenvalue weighted by atomic mass is 9.93. The molecule has 4 rings (SSSR count). The van der Waals surface area contributed by atoms with Crippen LogP contribution in [-0.4, -0.2) is 28.4 Å². The van der Waals surface area contributed by atoms with Gasteiger partial charge in [-0.2, -0.15) is 4.57 Å². The van der Waals surface area contributed by atoms with Crippen molar-refractivity contribution in [2.45, 2.75) is 0 Å². The maximum atomic E-state index is 5.78. The van der Waals surface area contributed by atoms with Gasteiger partial charge in [0.15, 0.2) is 0 Å². The van der Waals surface area contributed by atoms with Crippen molar-refractivity contribution in [3.8, 4) is 34.1 Å². The van der Waals surface area contributed by atoms with Crippen molar-refractivity contribution in [1.29, 1.82) is 0 Å². The van der Waals surface area contributed by atoms with Crippen molar-refractivity contribution in [3.05, 3.63) is 54.6 Å². The average molecular weight is 390 g/mol. The number of hydrogen-bond donors (Lipinski definition) is 0. The molecule has 1 aromatic heterocycles. The predicted molar refractivity (Wildman–Crippen MR) is 114 cm³/mol. The third kappa shape index (κ3) is 2.81. The van der Waals surface area contributed by atoms with Crippen LogP contribution in [-0.2, 0) is 7.05 Å².